The van der Waals surface area contributed by atoms with Crippen LogP contribution in [0.1, 0.15) is 5.56 Å². The van der Waals surface area contributed by atoms with Crippen LogP contribution >= 0.6 is 0 Å². The van der Waals surface area contributed by atoms with Crippen LogP contribution in [0.25, 0.3) is 0 Å². The molecule has 1 heterocycles. The molecule has 2 rings (SSSR count). The summed E-state index contributed by atoms with van der Waals surface area (Å²) in [6.07, 6.45) is 2.16. The minimum Gasteiger partial charge on any atom is -0.374 e. The Hall–Kier alpha value is -1.57. The van der Waals surface area contributed by atoms with Crippen LogP contribution in [0.5, 0.6) is 0 Å². The monoisotopic (exact) mass is 173 g/mol. The predicted octanol–water partition coefficient (Wildman–Crippen LogP) is 1.78. The number of para-hydroxylation sites is 1. The van der Waals surface area contributed by atoms with Gasteiger partial charge in [0.25, 0.3) is 0 Å². The van der Waals surface area contributed by atoms with Gasteiger partial charge in [-0.05, 0) is 17.7 Å². The summed E-state index contributed by atoms with van der Waals surface area (Å²) in [5, 5.41) is 3.16. The molecule has 1 aliphatic rings. The van der Waals surface area contributed by atoms with Gasteiger partial charge >= 0.3 is 0 Å². The number of hydrogen-bond acceptors (Lipinski definition) is 2. The number of nitrogens with one attached hydrogen (secondary N) is 1. The van der Waals surface area contributed by atoms with Gasteiger partial charge in [-0.15, -0.1) is 0 Å². The Balaban J connectivity index is 2.23. The molecule has 0 fully saturated rings. The number of fused-ring (bicyclic) bond motifs is 1. The van der Waals surface area contributed by atoms with Crippen molar-refractivity contribution in [1.82, 2.24) is 0 Å². The van der Waals surface area contributed by atoms with E-state index in [4.69, 9.17) is 0 Å². The predicted molar refractivity (Wildman–Crippen MR) is 52.8 cm³/mol. The van der Waals surface area contributed by atoms with E-state index in [0.717, 1.165) is 12.1 Å². The number of anilines is 1. The average Bonchev–Trinajstić information content (AvgIpc) is 2.59. The summed E-state index contributed by atoms with van der Waals surface area (Å²) in [6, 6.07) is 7.88. The maximum atomic E-state index is 11.3. The summed E-state index contributed by atoms with van der Waals surface area (Å²) in [5.74, 6) is 0.0659. The second-order valence-corrected chi connectivity index (χ2v) is 3.16. The molecule has 2 nitrogen and oxygen atoms in total. The molecule has 2 heteroatoms. The van der Waals surface area contributed by atoms with E-state index < -0.39 is 0 Å². The molecule has 0 saturated carbocycles. The van der Waals surface area contributed by atoms with Gasteiger partial charge in [-0.25, -0.2) is 0 Å². The van der Waals surface area contributed by atoms with Gasteiger partial charge in [0, 0.05) is 12.1 Å². The van der Waals surface area contributed by atoms with Crippen LogP contribution in [-0.4, -0.2) is 11.8 Å². The molecule has 0 saturated heterocycles. The lowest BCUT2D eigenvalue weighted by atomic mass is 10.1. The van der Waals surface area contributed by atoms with Crippen molar-refractivity contribution in [3.05, 3.63) is 42.5 Å². The summed E-state index contributed by atoms with van der Waals surface area (Å²) >= 11 is 0. The van der Waals surface area contributed by atoms with Gasteiger partial charge in [-0.3, -0.25) is 4.79 Å². The largest absolute Gasteiger partial charge is 0.374 e. The Labute approximate surface area is 77.3 Å². The molecule has 1 aromatic carbocycles. The van der Waals surface area contributed by atoms with Crippen LogP contribution in [0.4, 0.5) is 5.69 Å². The van der Waals surface area contributed by atoms with Gasteiger partial charge in [-0.1, -0.05) is 24.8 Å². The summed E-state index contributed by atoms with van der Waals surface area (Å²) in [7, 11) is 0. The molecule has 1 atom stereocenters. The van der Waals surface area contributed by atoms with E-state index in [9.17, 15) is 4.79 Å². The smallest absolute Gasteiger partial charge is 0.177 e. The first-order valence-electron chi connectivity index (χ1n) is 4.32. The van der Waals surface area contributed by atoms with Gasteiger partial charge in [-0.2, -0.15) is 0 Å². The third-order valence-corrected chi connectivity index (χ3v) is 2.32. The van der Waals surface area contributed by atoms with Crippen LogP contribution in [-0.2, 0) is 11.2 Å². The lowest BCUT2D eigenvalue weighted by Crippen LogP contribution is -2.24. The highest BCUT2D eigenvalue weighted by Crippen LogP contribution is 2.25. The zero-order valence-corrected chi connectivity index (χ0v) is 7.29. The molecular weight excluding hydrogens is 162 g/mol. The van der Waals surface area contributed by atoms with Gasteiger partial charge in [0.2, 0.25) is 0 Å². The van der Waals surface area contributed by atoms with Crippen molar-refractivity contribution in [2.75, 3.05) is 5.32 Å². The summed E-state index contributed by atoms with van der Waals surface area (Å²) in [5.41, 5.74) is 2.28. The fourth-order valence-corrected chi connectivity index (χ4v) is 1.61. The zero-order chi connectivity index (χ0) is 9.26. The van der Waals surface area contributed by atoms with E-state index in [2.05, 4.69) is 11.9 Å². The fraction of sp³-hybridized carbons (Fsp3) is 0.182. The standard InChI is InChI=1S/C11H11NO/c1-2-11(13)10-7-8-5-3-4-6-9(8)12-10/h2-6,10,12H,1,7H2. The maximum Gasteiger partial charge on any atom is 0.177 e. The Morgan fingerprint density at radius 3 is 3.00 bits per heavy atom. The van der Waals surface area contributed by atoms with Crippen molar-refractivity contribution < 1.29 is 4.79 Å². The second-order valence-electron chi connectivity index (χ2n) is 3.16. The minimum atomic E-state index is -0.102. The van der Waals surface area contributed by atoms with E-state index in [1.165, 1.54) is 11.6 Å². The van der Waals surface area contributed by atoms with Gasteiger partial charge in [0.15, 0.2) is 5.78 Å². The second kappa shape index (κ2) is 3.05. The normalized spacial score (nSPS) is 18.9. The number of carbonyl (C=O) groups excluding carboxylic acids is 1. The van der Waals surface area contributed by atoms with Crippen LogP contribution in [0.2, 0.25) is 0 Å². The van der Waals surface area contributed by atoms with E-state index in [0.29, 0.717) is 0 Å². The molecule has 1 aliphatic heterocycles. The van der Waals surface area contributed by atoms with Crippen LogP contribution in [0, 0.1) is 0 Å². The molecule has 0 radical (unpaired) electrons. The summed E-state index contributed by atoms with van der Waals surface area (Å²) in [4.78, 5) is 11.3. The first-order valence-corrected chi connectivity index (χ1v) is 4.32. The molecular formula is C11H11NO. The highest BCUT2D eigenvalue weighted by Gasteiger charge is 2.23. The lowest BCUT2D eigenvalue weighted by Gasteiger charge is -2.05. The topological polar surface area (TPSA) is 29.1 Å². The molecule has 13 heavy (non-hydrogen) atoms. The van der Waals surface area contributed by atoms with Crippen LogP contribution in [0.15, 0.2) is 36.9 Å². The van der Waals surface area contributed by atoms with Crippen LogP contribution in [0.3, 0.4) is 0 Å². The van der Waals surface area contributed by atoms with Gasteiger partial charge in [0.1, 0.15) is 0 Å². The van der Waals surface area contributed by atoms with Crippen molar-refractivity contribution in [3.8, 4) is 0 Å². The van der Waals surface area contributed by atoms with Gasteiger partial charge < -0.3 is 5.32 Å². The lowest BCUT2D eigenvalue weighted by molar-refractivity contribution is -0.115. The van der Waals surface area contributed by atoms with E-state index in [1.807, 2.05) is 24.3 Å². The number of ketones is 1. The van der Waals surface area contributed by atoms with Crippen molar-refractivity contribution in [2.45, 2.75) is 12.5 Å². The number of carbonyl (C=O) groups is 1. The Bertz CT molecular complexity index is 332. The van der Waals surface area contributed by atoms with Gasteiger partial charge in [0.05, 0.1) is 6.04 Å². The summed E-state index contributed by atoms with van der Waals surface area (Å²) in [6.45, 7) is 3.48. The van der Waals surface area contributed by atoms with Crippen molar-refractivity contribution in [2.24, 2.45) is 0 Å². The van der Waals surface area contributed by atoms with Crippen molar-refractivity contribution in [3.63, 3.8) is 0 Å². The molecule has 1 aromatic rings. The molecule has 0 amide bonds. The van der Waals surface area contributed by atoms with E-state index >= 15 is 0 Å². The van der Waals surface area contributed by atoms with Crippen LogP contribution < -0.4 is 5.32 Å². The number of rotatable bonds is 2. The Kier molecular flexibility index (Phi) is 1.89. The molecule has 0 aliphatic carbocycles. The van der Waals surface area contributed by atoms with E-state index in [-0.39, 0.29) is 11.8 Å². The minimum absolute atomic E-state index is 0.0659. The molecule has 1 N–H and O–H groups in total. The molecule has 0 spiro atoms. The number of hydrogen-bond donors (Lipinski definition) is 1. The molecule has 0 aromatic heterocycles. The Morgan fingerprint density at radius 2 is 2.31 bits per heavy atom. The molecule has 66 valence electrons. The highest BCUT2D eigenvalue weighted by molar-refractivity contribution is 5.97. The first-order chi connectivity index (χ1) is 6.31. The highest BCUT2D eigenvalue weighted by atomic mass is 16.1. The zero-order valence-electron chi connectivity index (χ0n) is 7.29. The third-order valence-electron chi connectivity index (χ3n) is 2.32. The number of benzene rings is 1. The third kappa shape index (κ3) is 1.35. The molecule has 0 bridgehead atoms. The quantitative estimate of drug-likeness (QED) is 0.691. The average molecular weight is 173 g/mol. The van der Waals surface area contributed by atoms with E-state index in [1.54, 1.807) is 0 Å². The maximum absolute atomic E-state index is 11.3. The first kappa shape index (κ1) is 8.05. The molecule has 1 unspecified atom stereocenters. The van der Waals surface area contributed by atoms with Crippen molar-refractivity contribution in [1.29, 1.82) is 0 Å². The summed E-state index contributed by atoms with van der Waals surface area (Å²) < 4.78 is 0. The van der Waals surface area contributed by atoms with Crippen molar-refractivity contribution >= 4 is 11.5 Å². The fourth-order valence-electron chi connectivity index (χ4n) is 1.61. The SMILES string of the molecule is C=CC(=O)C1Cc2ccccc2N1. The Morgan fingerprint density at radius 1 is 1.54 bits per heavy atom.